The van der Waals surface area contributed by atoms with Crippen LogP contribution < -0.4 is 0 Å². The molecular weight excluding hydrogens is 334 g/mol. The molecule has 0 spiro atoms. The molecule has 7 heteroatoms. The van der Waals surface area contributed by atoms with Gasteiger partial charge in [-0.2, -0.15) is 0 Å². The van der Waals surface area contributed by atoms with Gasteiger partial charge in [0.15, 0.2) is 0 Å². The van der Waals surface area contributed by atoms with Crippen LogP contribution >= 0.6 is 0 Å². The van der Waals surface area contributed by atoms with E-state index in [0.717, 1.165) is 19.3 Å². The summed E-state index contributed by atoms with van der Waals surface area (Å²) in [6.45, 7) is 1.60. The van der Waals surface area contributed by atoms with E-state index >= 15 is 0 Å². The Morgan fingerprint density at radius 2 is 1.92 bits per heavy atom. The smallest absolute Gasteiger partial charge is 0.410 e. The van der Waals surface area contributed by atoms with Crippen LogP contribution in [0.2, 0.25) is 0 Å². The lowest BCUT2D eigenvalue weighted by atomic mass is 9.99. The Morgan fingerprint density at radius 1 is 1.15 bits per heavy atom. The molecule has 0 bridgehead atoms. The van der Waals surface area contributed by atoms with Crippen LogP contribution in [0.25, 0.3) is 0 Å². The van der Waals surface area contributed by atoms with Crippen molar-refractivity contribution in [2.24, 2.45) is 0 Å². The predicted octanol–water partition coefficient (Wildman–Crippen LogP) is 2.34. The molecule has 1 atom stereocenters. The molecule has 2 aliphatic heterocycles. The van der Waals surface area contributed by atoms with E-state index in [-0.39, 0.29) is 29.8 Å². The van der Waals surface area contributed by atoms with Gasteiger partial charge in [0, 0.05) is 25.2 Å². The number of benzene rings is 1. The van der Waals surface area contributed by atoms with Crippen molar-refractivity contribution in [2.75, 3.05) is 19.7 Å². The second kappa shape index (κ2) is 7.19. The summed E-state index contributed by atoms with van der Waals surface area (Å²) in [7, 11) is 0. The number of carbonyl (C=O) groups is 2. The molecule has 7 nitrogen and oxygen atoms in total. The van der Waals surface area contributed by atoms with Crippen LogP contribution in [0.4, 0.5) is 4.79 Å². The van der Waals surface area contributed by atoms with Crippen LogP contribution in [0.1, 0.15) is 29.0 Å². The van der Waals surface area contributed by atoms with Gasteiger partial charge in [-0.3, -0.25) is 9.69 Å². The second-order valence-electron chi connectivity index (χ2n) is 6.73. The Morgan fingerprint density at radius 3 is 2.62 bits per heavy atom. The van der Waals surface area contributed by atoms with Crippen molar-refractivity contribution < 1.29 is 18.8 Å². The minimum absolute atomic E-state index is 0.0476. The zero-order valence-electron chi connectivity index (χ0n) is 14.4. The van der Waals surface area contributed by atoms with Crippen LogP contribution in [-0.2, 0) is 11.2 Å². The van der Waals surface area contributed by atoms with Gasteiger partial charge in [0.2, 0.25) is 5.76 Å². The zero-order chi connectivity index (χ0) is 17.9. The maximum atomic E-state index is 12.3. The molecule has 0 saturated carbocycles. The first-order valence-corrected chi connectivity index (χ1v) is 8.91. The molecule has 0 radical (unpaired) electrons. The summed E-state index contributed by atoms with van der Waals surface area (Å²) in [6.07, 6.45) is 3.48. The Hall–Kier alpha value is -2.83. The lowest BCUT2D eigenvalue weighted by Gasteiger charge is -2.37. The number of piperidine rings is 1. The fourth-order valence-electron chi connectivity index (χ4n) is 3.79. The van der Waals surface area contributed by atoms with Crippen molar-refractivity contribution >= 4 is 12.0 Å². The topological polar surface area (TPSA) is 75.9 Å². The number of aromatic nitrogens is 1. The largest absolute Gasteiger partial charge is 0.447 e. The summed E-state index contributed by atoms with van der Waals surface area (Å²) in [6, 6.07) is 11.8. The molecule has 0 N–H and O–H groups in total. The van der Waals surface area contributed by atoms with Crippen molar-refractivity contribution in [2.45, 2.75) is 31.3 Å². The quantitative estimate of drug-likeness (QED) is 0.841. The van der Waals surface area contributed by atoms with Gasteiger partial charge >= 0.3 is 6.09 Å². The maximum absolute atomic E-state index is 12.3. The van der Waals surface area contributed by atoms with Gasteiger partial charge in [0.05, 0.1) is 12.2 Å². The van der Waals surface area contributed by atoms with Gasteiger partial charge in [0.25, 0.3) is 5.91 Å². The first-order valence-electron chi connectivity index (χ1n) is 8.91. The normalized spacial score (nSPS) is 21.1. The summed E-state index contributed by atoms with van der Waals surface area (Å²) >= 11 is 0. The molecule has 2 aromatic rings. The van der Waals surface area contributed by atoms with Gasteiger partial charge < -0.3 is 14.2 Å². The molecule has 2 saturated heterocycles. The summed E-state index contributed by atoms with van der Waals surface area (Å²) in [5.74, 6) is 0.108. The number of hydrogen-bond acceptors (Lipinski definition) is 5. The Kier molecular flexibility index (Phi) is 4.60. The van der Waals surface area contributed by atoms with Crippen molar-refractivity contribution in [1.29, 1.82) is 0 Å². The third-order valence-electron chi connectivity index (χ3n) is 5.11. The lowest BCUT2D eigenvalue weighted by Crippen LogP contribution is -2.50. The summed E-state index contributed by atoms with van der Waals surface area (Å²) < 4.78 is 10.3. The number of hydrogen-bond donors (Lipinski definition) is 0. The van der Waals surface area contributed by atoms with Crippen molar-refractivity contribution in [3.63, 3.8) is 0 Å². The monoisotopic (exact) mass is 355 g/mol. The van der Waals surface area contributed by atoms with Gasteiger partial charge in [-0.15, -0.1) is 0 Å². The molecule has 2 fully saturated rings. The molecule has 0 aliphatic carbocycles. The van der Waals surface area contributed by atoms with Gasteiger partial charge in [-0.05, 0) is 24.8 Å². The number of cyclic esters (lactones) is 1. The number of likely N-dealkylation sites (tertiary alicyclic amines) is 1. The molecule has 26 heavy (non-hydrogen) atoms. The summed E-state index contributed by atoms with van der Waals surface area (Å²) in [5, 5.41) is 3.58. The van der Waals surface area contributed by atoms with Crippen LogP contribution in [0.3, 0.4) is 0 Å². The molecule has 1 aromatic heterocycles. The first-order chi connectivity index (χ1) is 12.7. The second-order valence-corrected chi connectivity index (χ2v) is 6.73. The molecule has 1 aromatic carbocycles. The standard InChI is InChI=1S/C19H21N3O4/c23-18(17-6-9-20-26-17)21-10-7-15(8-11-21)22-16(13-25-19(22)24)12-14-4-2-1-3-5-14/h1-6,9,15-16H,7-8,10-13H2. The van der Waals surface area contributed by atoms with Crippen LogP contribution in [0.15, 0.2) is 47.1 Å². The minimum atomic E-state index is -0.244. The van der Waals surface area contributed by atoms with Gasteiger partial charge in [-0.1, -0.05) is 35.5 Å². The highest BCUT2D eigenvalue weighted by atomic mass is 16.6. The number of ether oxygens (including phenoxy) is 1. The highest BCUT2D eigenvalue weighted by molar-refractivity contribution is 5.91. The SMILES string of the molecule is O=C(c1ccno1)N1CCC(N2C(=O)OCC2Cc2ccccc2)CC1. The van der Waals surface area contributed by atoms with Crippen molar-refractivity contribution in [1.82, 2.24) is 15.0 Å². The highest BCUT2D eigenvalue weighted by Gasteiger charge is 2.40. The number of carbonyl (C=O) groups excluding carboxylic acids is 2. The van der Waals surface area contributed by atoms with E-state index in [1.54, 1.807) is 11.0 Å². The third-order valence-corrected chi connectivity index (χ3v) is 5.11. The summed E-state index contributed by atoms with van der Waals surface area (Å²) in [4.78, 5) is 28.3. The number of nitrogens with zero attached hydrogens (tertiary/aromatic N) is 3. The Labute approximate surface area is 151 Å². The van der Waals surface area contributed by atoms with E-state index in [1.807, 2.05) is 23.1 Å². The van der Waals surface area contributed by atoms with Crippen LogP contribution in [-0.4, -0.2) is 58.7 Å². The maximum Gasteiger partial charge on any atom is 0.410 e. The fraction of sp³-hybridized carbons (Fsp3) is 0.421. The molecular formula is C19H21N3O4. The predicted molar refractivity (Wildman–Crippen MR) is 92.5 cm³/mol. The molecule has 136 valence electrons. The number of rotatable bonds is 4. The average Bonchev–Trinajstić information content (AvgIpc) is 3.33. The van der Waals surface area contributed by atoms with Crippen molar-refractivity contribution in [3.05, 3.63) is 53.9 Å². The van der Waals surface area contributed by atoms with E-state index in [4.69, 9.17) is 9.26 Å². The van der Waals surface area contributed by atoms with E-state index in [0.29, 0.717) is 19.7 Å². The molecule has 4 rings (SSSR count). The zero-order valence-corrected chi connectivity index (χ0v) is 14.4. The molecule has 1 unspecified atom stereocenters. The fourth-order valence-corrected chi connectivity index (χ4v) is 3.79. The van der Waals surface area contributed by atoms with E-state index in [2.05, 4.69) is 17.3 Å². The Bertz CT molecular complexity index is 754. The summed E-state index contributed by atoms with van der Waals surface area (Å²) in [5.41, 5.74) is 1.19. The first kappa shape index (κ1) is 16.6. The molecule has 2 aliphatic rings. The third kappa shape index (κ3) is 3.29. The van der Waals surface area contributed by atoms with Crippen LogP contribution in [0.5, 0.6) is 0 Å². The molecule has 3 heterocycles. The van der Waals surface area contributed by atoms with Crippen LogP contribution in [0, 0.1) is 0 Å². The lowest BCUT2D eigenvalue weighted by molar-refractivity contribution is 0.0598. The van der Waals surface area contributed by atoms with E-state index in [9.17, 15) is 9.59 Å². The van der Waals surface area contributed by atoms with Crippen molar-refractivity contribution in [3.8, 4) is 0 Å². The highest BCUT2D eigenvalue weighted by Crippen LogP contribution is 2.26. The Balaban J connectivity index is 1.39. The van der Waals surface area contributed by atoms with Gasteiger partial charge in [0.1, 0.15) is 6.61 Å². The van der Waals surface area contributed by atoms with Gasteiger partial charge in [-0.25, -0.2) is 4.79 Å². The average molecular weight is 355 g/mol. The van der Waals surface area contributed by atoms with E-state index in [1.165, 1.54) is 11.8 Å². The molecule has 2 amide bonds. The minimum Gasteiger partial charge on any atom is -0.447 e. The van der Waals surface area contributed by atoms with E-state index < -0.39 is 0 Å². The number of amides is 2.